The molecule has 0 bridgehead atoms. The van der Waals surface area contributed by atoms with Gasteiger partial charge in [-0.1, -0.05) is 12.1 Å². The number of nitrogens with zero attached hydrogens (tertiary/aromatic N) is 2. The minimum absolute atomic E-state index is 0.0120. The minimum Gasteiger partial charge on any atom is -0.744 e. The fourth-order valence-electron chi connectivity index (χ4n) is 9.99. The van der Waals surface area contributed by atoms with Crippen LogP contribution in [0.15, 0.2) is 92.0 Å². The largest absolute Gasteiger partial charge is 0.744 e. The molecule has 1 unspecified atom stereocenters. The molecule has 0 aromatic heterocycles. The summed E-state index contributed by atoms with van der Waals surface area (Å²) < 4.78 is 203. The number of allylic oxidation sites excluding steroid dienone is 4. The van der Waals surface area contributed by atoms with E-state index in [-0.39, 0.29) is 85.9 Å². The van der Waals surface area contributed by atoms with Crippen molar-refractivity contribution in [3.05, 3.63) is 83.6 Å². The standard InChI is InChI=1S/C48H60N2O21S5/c1-47(2)42(49(18-7-5-6-12-44(51)52)38-15-13-34-36(45(38)47)28-32(73(56,57)58)30-40(34)75(62,63)64)10-8-11-43-48(3,17-9-27-72(53,54)55)46-37-29-33(74(59,60)61)31-41(76(65,66)67)35(37)14-16-39(46)50(43)19-20-69-23-24-71-26-25-70-22-21-68-4/h8,10-11,13-16,28-31H,5-7,9,12,17-27H2,1-4H3,(H5-,51,52,53,54,55,56,57,58,59,60,61,62,63,64,65,66,67). The van der Waals surface area contributed by atoms with Gasteiger partial charge in [-0.3, -0.25) is 23.0 Å². The van der Waals surface area contributed by atoms with Gasteiger partial charge in [0.1, 0.15) is 21.6 Å². The van der Waals surface area contributed by atoms with Crippen molar-refractivity contribution in [2.45, 2.75) is 89.7 Å². The lowest BCUT2D eigenvalue weighted by molar-refractivity contribution is -0.438. The first-order valence-corrected chi connectivity index (χ1v) is 31.0. The van der Waals surface area contributed by atoms with Gasteiger partial charge in [-0.25, -0.2) is 8.42 Å². The summed E-state index contributed by atoms with van der Waals surface area (Å²) in [6.45, 7) is 7.18. The third-order valence-corrected chi connectivity index (χ3v) is 17.5. The summed E-state index contributed by atoms with van der Waals surface area (Å²) in [7, 11) is -23.7. The molecule has 23 nitrogen and oxygen atoms in total. The Morgan fingerprint density at radius 1 is 0.671 bits per heavy atom. The highest BCUT2D eigenvalue weighted by Gasteiger charge is 2.47. The van der Waals surface area contributed by atoms with Crippen LogP contribution in [-0.4, -0.2) is 158 Å². The summed E-state index contributed by atoms with van der Waals surface area (Å²) >= 11 is 0. The number of carboxylic acid groups (broad SMARTS) is 1. The molecule has 0 radical (unpaired) electrons. The van der Waals surface area contributed by atoms with Gasteiger partial charge in [-0.2, -0.15) is 38.2 Å². The molecule has 2 aliphatic rings. The molecule has 4 aromatic rings. The van der Waals surface area contributed by atoms with Crippen molar-refractivity contribution in [1.82, 2.24) is 0 Å². The Labute approximate surface area is 441 Å². The van der Waals surface area contributed by atoms with Crippen molar-refractivity contribution in [2.24, 2.45) is 0 Å². The van der Waals surface area contributed by atoms with E-state index in [9.17, 15) is 74.8 Å². The second-order valence-corrected chi connectivity index (χ2v) is 26.0. The fraction of sp³-hybridized carbons (Fsp3) is 0.458. The van der Waals surface area contributed by atoms with Crippen LogP contribution in [0, 0.1) is 0 Å². The van der Waals surface area contributed by atoms with E-state index in [0.29, 0.717) is 79.6 Å². The molecule has 0 fully saturated rings. The summed E-state index contributed by atoms with van der Waals surface area (Å²) in [4.78, 5) is 9.66. The highest BCUT2D eigenvalue weighted by molar-refractivity contribution is 7.87. The Morgan fingerprint density at radius 3 is 1.78 bits per heavy atom. The van der Waals surface area contributed by atoms with Gasteiger partial charge in [0.2, 0.25) is 5.69 Å². The Morgan fingerprint density at radius 2 is 1.22 bits per heavy atom. The number of aliphatic carboxylic acids is 1. The number of hydrogen-bond acceptors (Lipinski definition) is 17. The number of carbonyl (C=O) groups is 1. The molecule has 0 spiro atoms. The molecule has 4 aromatic carbocycles. The molecule has 0 aliphatic carbocycles. The quantitative estimate of drug-likeness (QED) is 0.0276. The van der Waals surface area contributed by atoms with E-state index < -0.39 is 92.7 Å². The molecule has 6 rings (SSSR count). The average molecular weight is 1160 g/mol. The van der Waals surface area contributed by atoms with Crippen molar-refractivity contribution in [2.75, 3.05) is 77.1 Å². The lowest BCUT2D eigenvalue weighted by Crippen LogP contribution is -2.32. The number of rotatable bonds is 28. The molecule has 0 saturated carbocycles. The summed E-state index contributed by atoms with van der Waals surface area (Å²) in [6, 6.07) is 9.07. The topological polar surface area (TPSA) is 355 Å². The molecule has 76 heavy (non-hydrogen) atoms. The molecule has 0 saturated heterocycles. The van der Waals surface area contributed by atoms with Crippen molar-refractivity contribution in [3.8, 4) is 0 Å². The first-order valence-electron chi connectivity index (χ1n) is 23.6. The number of benzene rings is 4. The third-order valence-electron chi connectivity index (χ3n) is 13.3. The van der Waals surface area contributed by atoms with Crippen LogP contribution in [0.1, 0.15) is 70.4 Å². The lowest BCUT2D eigenvalue weighted by atomic mass is 9.75. The number of hydrogen-bond donors (Lipinski definition) is 5. The van der Waals surface area contributed by atoms with Crippen LogP contribution in [0.3, 0.4) is 0 Å². The van der Waals surface area contributed by atoms with Gasteiger partial charge in [-0.15, -0.1) is 0 Å². The number of carboxylic acids is 1. The second kappa shape index (κ2) is 23.7. The Kier molecular flexibility index (Phi) is 18.8. The number of methoxy groups -OCH3 is 1. The SMILES string of the molecule is COCCOCCOCCOCCN1C(=CC=CC2=[N+](CCCCCC(=O)O)c3ccc4c(S(=O)(=O)O)cc(S(=O)(=O)O)cc4c3C2(C)C)C(C)(CCCS(=O)(=O)O)c2c1ccc1c(S(=O)(=O)[O-])cc(S(=O)(=O)O)cc21. The highest BCUT2D eigenvalue weighted by Crippen LogP contribution is 2.54. The van der Waals surface area contributed by atoms with E-state index in [1.54, 1.807) is 57.1 Å². The van der Waals surface area contributed by atoms with Gasteiger partial charge < -0.3 is 33.5 Å². The van der Waals surface area contributed by atoms with Gasteiger partial charge in [0, 0.05) is 66.4 Å². The molecule has 418 valence electrons. The number of fused-ring (bicyclic) bond motifs is 6. The lowest BCUT2D eigenvalue weighted by Gasteiger charge is -2.31. The van der Waals surface area contributed by atoms with E-state index in [1.807, 2.05) is 4.58 Å². The number of anilines is 1. The molecule has 2 aliphatic heterocycles. The molecule has 2 heterocycles. The fourth-order valence-corrected chi connectivity index (χ4v) is 13.2. The zero-order chi connectivity index (χ0) is 56.2. The molecular formula is C48H60N2O21S5. The van der Waals surface area contributed by atoms with Crippen molar-refractivity contribution < 1.29 is 98.3 Å². The summed E-state index contributed by atoms with van der Waals surface area (Å²) in [5.74, 6) is -1.72. The molecule has 1 atom stereocenters. The van der Waals surface area contributed by atoms with E-state index in [4.69, 9.17) is 18.9 Å². The first-order chi connectivity index (χ1) is 35.3. The number of unbranched alkanes of at least 4 members (excludes halogenated alkanes) is 2. The van der Waals surface area contributed by atoms with Crippen molar-refractivity contribution >= 4 is 95.2 Å². The van der Waals surface area contributed by atoms with Gasteiger partial charge in [-0.05, 0) is 111 Å². The molecule has 28 heteroatoms. The maximum absolute atomic E-state index is 12.8. The van der Waals surface area contributed by atoms with E-state index in [2.05, 4.69) is 0 Å². The summed E-state index contributed by atoms with van der Waals surface area (Å²) in [6.07, 6.45) is 5.80. The van der Waals surface area contributed by atoms with Gasteiger partial charge >= 0.3 is 5.97 Å². The van der Waals surface area contributed by atoms with Crippen LogP contribution in [-0.2, 0) is 85.2 Å². The predicted octanol–water partition coefficient (Wildman–Crippen LogP) is 5.24. The van der Waals surface area contributed by atoms with Crippen LogP contribution in [0.2, 0.25) is 0 Å². The van der Waals surface area contributed by atoms with Crippen molar-refractivity contribution in [3.63, 3.8) is 0 Å². The third kappa shape index (κ3) is 13.9. The Balaban J connectivity index is 1.55. The normalized spacial score (nSPS) is 17.7. The van der Waals surface area contributed by atoms with Gasteiger partial charge in [0.05, 0.1) is 72.1 Å². The summed E-state index contributed by atoms with van der Waals surface area (Å²) in [5, 5.41) is 8.99. The smallest absolute Gasteiger partial charge is 0.303 e. The van der Waals surface area contributed by atoms with Crippen LogP contribution in [0.4, 0.5) is 11.4 Å². The van der Waals surface area contributed by atoms with Crippen LogP contribution in [0.25, 0.3) is 21.5 Å². The monoisotopic (exact) mass is 1160 g/mol. The Bertz CT molecular complexity index is 3580. The average Bonchev–Trinajstić information content (AvgIpc) is 3.67. The van der Waals surface area contributed by atoms with Crippen molar-refractivity contribution in [1.29, 1.82) is 0 Å². The van der Waals surface area contributed by atoms with Gasteiger partial charge in [0.15, 0.2) is 5.71 Å². The minimum atomic E-state index is -5.41. The second-order valence-electron chi connectivity index (χ2n) is 18.8. The molecule has 5 N–H and O–H groups in total. The van der Waals surface area contributed by atoms with Crippen LogP contribution in [0.5, 0.6) is 0 Å². The van der Waals surface area contributed by atoms with Crippen LogP contribution >= 0.6 is 0 Å². The van der Waals surface area contributed by atoms with E-state index in [1.165, 1.54) is 18.2 Å². The Hall–Kier alpha value is -4.79. The molecular weight excluding hydrogens is 1100 g/mol. The zero-order valence-electron chi connectivity index (χ0n) is 41.9. The van der Waals surface area contributed by atoms with Gasteiger partial charge in [0.25, 0.3) is 40.5 Å². The molecule has 0 amide bonds. The maximum atomic E-state index is 12.8. The van der Waals surface area contributed by atoms with E-state index in [0.717, 1.165) is 12.1 Å². The maximum Gasteiger partial charge on any atom is 0.303 e. The first kappa shape index (κ1) is 60.4. The summed E-state index contributed by atoms with van der Waals surface area (Å²) in [5.41, 5.74) is -0.191. The predicted molar refractivity (Wildman–Crippen MR) is 276 cm³/mol. The zero-order valence-corrected chi connectivity index (χ0v) is 46.0. The van der Waals surface area contributed by atoms with E-state index >= 15 is 0 Å². The number of ether oxygens (including phenoxy) is 4. The van der Waals surface area contributed by atoms with Crippen LogP contribution < -0.4 is 4.90 Å². The highest BCUT2D eigenvalue weighted by atomic mass is 32.2.